The Morgan fingerprint density at radius 2 is 2.39 bits per heavy atom. The Kier molecular flexibility index (Phi) is 5.03. The first-order valence-electron chi connectivity index (χ1n) is 6.53. The molecule has 1 aliphatic heterocycles. The maximum atomic E-state index is 10.5. The number of aliphatic hydroxyl groups excluding tert-OH is 1. The fourth-order valence-electron chi connectivity index (χ4n) is 2.44. The average Bonchev–Trinajstić information content (AvgIpc) is 2.41. The van der Waals surface area contributed by atoms with Crippen LogP contribution in [0.2, 0.25) is 0 Å². The van der Waals surface area contributed by atoms with Crippen molar-refractivity contribution in [2.45, 2.75) is 25.9 Å². The minimum Gasteiger partial charge on any atom is -0.493 e. The average molecular weight is 314 g/mol. The van der Waals surface area contributed by atoms with Gasteiger partial charge in [-0.3, -0.25) is 0 Å². The number of rotatable bonds is 4. The van der Waals surface area contributed by atoms with Crippen LogP contribution in [-0.4, -0.2) is 24.8 Å². The molecule has 1 fully saturated rings. The third-order valence-electron chi connectivity index (χ3n) is 3.37. The van der Waals surface area contributed by atoms with Crippen molar-refractivity contribution in [3.8, 4) is 5.75 Å². The highest BCUT2D eigenvalue weighted by Gasteiger charge is 2.25. The van der Waals surface area contributed by atoms with Crippen LogP contribution in [0.5, 0.6) is 5.75 Å². The molecule has 0 spiro atoms. The van der Waals surface area contributed by atoms with Gasteiger partial charge in [0.05, 0.1) is 12.7 Å². The van der Waals surface area contributed by atoms with Crippen LogP contribution in [0.4, 0.5) is 0 Å². The third kappa shape index (κ3) is 3.25. The highest BCUT2D eigenvalue weighted by atomic mass is 79.9. The van der Waals surface area contributed by atoms with E-state index in [1.807, 2.05) is 25.1 Å². The fraction of sp³-hybridized carbons (Fsp3) is 0.571. The number of piperidine rings is 1. The molecule has 1 aromatic rings. The van der Waals surface area contributed by atoms with E-state index in [2.05, 4.69) is 21.2 Å². The molecule has 3 nitrogen and oxygen atoms in total. The van der Waals surface area contributed by atoms with E-state index in [0.29, 0.717) is 6.61 Å². The fourth-order valence-corrected chi connectivity index (χ4v) is 2.82. The number of aliphatic hydroxyl groups is 1. The summed E-state index contributed by atoms with van der Waals surface area (Å²) >= 11 is 3.46. The lowest BCUT2D eigenvalue weighted by Gasteiger charge is -2.28. The molecule has 1 heterocycles. The molecule has 0 amide bonds. The van der Waals surface area contributed by atoms with Crippen molar-refractivity contribution in [1.82, 2.24) is 5.32 Å². The third-order valence-corrected chi connectivity index (χ3v) is 3.87. The molecule has 2 N–H and O–H groups in total. The van der Waals surface area contributed by atoms with Crippen molar-refractivity contribution in [2.24, 2.45) is 5.92 Å². The molecule has 18 heavy (non-hydrogen) atoms. The standard InChI is InChI=1S/C14H20BrNO2/c1-2-18-13-6-5-11(15)8-12(13)14(17)10-4-3-7-16-9-10/h5-6,8,10,14,16-17H,2-4,7,9H2,1H3. The number of halogens is 1. The van der Waals surface area contributed by atoms with E-state index < -0.39 is 6.10 Å². The minimum absolute atomic E-state index is 0.271. The van der Waals surface area contributed by atoms with Crippen LogP contribution >= 0.6 is 15.9 Å². The maximum absolute atomic E-state index is 10.5. The van der Waals surface area contributed by atoms with Gasteiger partial charge in [-0.1, -0.05) is 15.9 Å². The molecule has 1 aromatic carbocycles. The van der Waals surface area contributed by atoms with Gasteiger partial charge in [0.1, 0.15) is 5.75 Å². The second-order valence-corrected chi connectivity index (χ2v) is 5.58. The molecule has 0 aromatic heterocycles. The summed E-state index contributed by atoms with van der Waals surface area (Å²) in [5.41, 5.74) is 0.889. The molecule has 2 rings (SSSR count). The molecular weight excluding hydrogens is 294 g/mol. The lowest BCUT2D eigenvalue weighted by atomic mass is 9.89. The van der Waals surface area contributed by atoms with Gasteiger partial charge in [0.15, 0.2) is 0 Å². The van der Waals surface area contributed by atoms with Crippen LogP contribution in [-0.2, 0) is 0 Å². The van der Waals surface area contributed by atoms with E-state index in [1.54, 1.807) is 0 Å². The molecule has 0 radical (unpaired) electrons. The largest absolute Gasteiger partial charge is 0.493 e. The molecule has 0 saturated carbocycles. The van der Waals surface area contributed by atoms with Gasteiger partial charge in [0.25, 0.3) is 0 Å². The summed E-state index contributed by atoms with van der Waals surface area (Å²) in [6.07, 6.45) is 1.73. The van der Waals surface area contributed by atoms with Crippen LogP contribution in [0, 0.1) is 5.92 Å². The van der Waals surface area contributed by atoms with Crippen molar-refractivity contribution in [2.75, 3.05) is 19.7 Å². The molecule has 1 aliphatic rings. The Balaban J connectivity index is 2.21. The van der Waals surface area contributed by atoms with Crippen molar-refractivity contribution in [1.29, 1.82) is 0 Å². The Labute approximate surface area is 117 Å². The molecule has 0 bridgehead atoms. The lowest BCUT2D eigenvalue weighted by molar-refractivity contribution is 0.0890. The van der Waals surface area contributed by atoms with Gasteiger partial charge < -0.3 is 15.2 Å². The first kappa shape index (κ1) is 13.8. The van der Waals surface area contributed by atoms with Gasteiger partial charge in [-0.05, 0) is 44.5 Å². The second kappa shape index (κ2) is 6.55. The van der Waals surface area contributed by atoms with E-state index in [1.165, 1.54) is 0 Å². The normalized spacial score (nSPS) is 21.6. The van der Waals surface area contributed by atoms with Crippen molar-refractivity contribution >= 4 is 15.9 Å². The molecule has 0 aliphatic carbocycles. The first-order valence-corrected chi connectivity index (χ1v) is 7.32. The van der Waals surface area contributed by atoms with Gasteiger partial charge in [-0.25, -0.2) is 0 Å². The number of ether oxygens (including phenoxy) is 1. The van der Waals surface area contributed by atoms with Crippen molar-refractivity contribution < 1.29 is 9.84 Å². The molecule has 100 valence electrons. The zero-order chi connectivity index (χ0) is 13.0. The van der Waals surface area contributed by atoms with Gasteiger partial charge in [0.2, 0.25) is 0 Å². The molecular formula is C14H20BrNO2. The van der Waals surface area contributed by atoms with E-state index in [0.717, 1.165) is 41.7 Å². The summed E-state index contributed by atoms with van der Waals surface area (Å²) in [5.74, 6) is 1.06. The van der Waals surface area contributed by atoms with Crippen LogP contribution in [0.15, 0.2) is 22.7 Å². The lowest BCUT2D eigenvalue weighted by Crippen LogP contribution is -2.33. The first-order chi connectivity index (χ1) is 8.72. The predicted molar refractivity (Wildman–Crippen MR) is 75.9 cm³/mol. The summed E-state index contributed by atoms with van der Waals surface area (Å²) in [4.78, 5) is 0. The quantitative estimate of drug-likeness (QED) is 0.898. The monoisotopic (exact) mass is 313 g/mol. The SMILES string of the molecule is CCOc1ccc(Br)cc1C(O)C1CCCNC1. The van der Waals surface area contributed by atoms with Crippen LogP contribution in [0.1, 0.15) is 31.4 Å². The highest BCUT2D eigenvalue weighted by Crippen LogP contribution is 2.34. The molecule has 2 atom stereocenters. The van der Waals surface area contributed by atoms with Gasteiger partial charge in [-0.15, -0.1) is 0 Å². The smallest absolute Gasteiger partial charge is 0.125 e. The summed E-state index contributed by atoms with van der Waals surface area (Å²) in [5, 5.41) is 13.9. The summed E-state index contributed by atoms with van der Waals surface area (Å²) in [6.45, 7) is 4.50. The van der Waals surface area contributed by atoms with Gasteiger partial charge >= 0.3 is 0 Å². The Morgan fingerprint density at radius 1 is 1.56 bits per heavy atom. The zero-order valence-corrected chi connectivity index (χ0v) is 12.2. The Hall–Kier alpha value is -0.580. The van der Waals surface area contributed by atoms with Gasteiger partial charge in [0, 0.05) is 22.5 Å². The summed E-state index contributed by atoms with van der Waals surface area (Å²) < 4.78 is 6.58. The Morgan fingerprint density at radius 3 is 3.06 bits per heavy atom. The van der Waals surface area contributed by atoms with E-state index in [4.69, 9.17) is 4.74 Å². The molecule has 2 unspecified atom stereocenters. The number of hydrogen-bond acceptors (Lipinski definition) is 3. The van der Waals surface area contributed by atoms with Crippen LogP contribution in [0.3, 0.4) is 0 Å². The minimum atomic E-state index is -0.461. The van der Waals surface area contributed by atoms with Gasteiger partial charge in [-0.2, -0.15) is 0 Å². The molecule has 1 saturated heterocycles. The van der Waals surface area contributed by atoms with Crippen molar-refractivity contribution in [3.63, 3.8) is 0 Å². The molecule has 4 heteroatoms. The topological polar surface area (TPSA) is 41.5 Å². The Bertz CT molecular complexity index is 391. The predicted octanol–water partition coefficient (Wildman–Crippen LogP) is 2.88. The zero-order valence-electron chi connectivity index (χ0n) is 10.7. The van der Waals surface area contributed by atoms with Crippen LogP contribution in [0.25, 0.3) is 0 Å². The summed E-state index contributed by atoms with van der Waals surface area (Å²) in [7, 11) is 0. The summed E-state index contributed by atoms with van der Waals surface area (Å²) in [6, 6.07) is 5.83. The maximum Gasteiger partial charge on any atom is 0.125 e. The number of benzene rings is 1. The van der Waals surface area contributed by atoms with Crippen molar-refractivity contribution in [3.05, 3.63) is 28.2 Å². The number of nitrogens with one attached hydrogen (secondary N) is 1. The van der Waals surface area contributed by atoms with E-state index in [9.17, 15) is 5.11 Å². The van der Waals surface area contributed by atoms with Crippen LogP contribution < -0.4 is 10.1 Å². The second-order valence-electron chi connectivity index (χ2n) is 4.67. The van der Waals surface area contributed by atoms with E-state index in [-0.39, 0.29) is 5.92 Å². The van der Waals surface area contributed by atoms with E-state index >= 15 is 0 Å². The number of hydrogen-bond donors (Lipinski definition) is 2. The highest BCUT2D eigenvalue weighted by molar-refractivity contribution is 9.10.